The molecule has 0 fully saturated rings. The van der Waals surface area contributed by atoms with Crippen molar-refractivity contribution in [3.63, 3.8) is 0 Å². The van der Waals surface area contributed by atoms with E-state index in [1.807, 2.05) is 30.3 Å². The third-order valence-corrected chi connectivity index (χ3v) is 5.11. The van der Waals surface area contributed by atoms with Crippen LogP contribution in [0.4, 0.5) is 5.69 Å². The molecule has 26 heavy (non-hydrogen) atoms. The maximum absolute atomic E-state index is 12.9. The fourth-order valence-corrected chi connectivity index (χ4v) is 3.54. The quantitative estimate of drug-likeness (QED) is 0.850. The summed E-state index contributed by atoms with van der Waals surface area (Å²) in [4.78, 5) is 12.9. The molecule has 2 aromatic rings. The molecule has 4 heteroatoms. The summed E-state index contributed by atoms with van der Waals surface area (Å²) in [6.07, 6.45) is 2.98. The molecule has 1 aliphatic rings. The van der Waals surface area contributed by atoms with Gasteiger partial charge in [-0.25, -0.2) is 0 Å². The first-order chi connectivity index (χ1) is 12.3. The number of amides is 1. The van der Waals surface area contributed by atoms with Gasteiger partial charge in [0.1, 0.15) is 5.75 Å². The van der Waals surface area contributed by atoms with Crippen molar-refractivity contribution in [2.75, 3.05) is 12.4 Å². The van der Waals surface area contributed by atoms with E-state index in [9.17, 15) is 4.79 Å². The Hall–Kier alpha value is -2.33. The molecule has 4 nitrogen and oxygen atoms in total. The fourth-order valence-electron chi connectivity index (χ4n) is 3.54. The average Bonchev–Trinajstić information content (AvgIpc) is 2.61. The molecule has 3 N–H and O–H groups in total. The van der Waals surface area contributed by atoms with Crippen molar-refractivity contribution in [1.82, 2.24) is 0 Å². The highest BCUT2D eigenvalue weighted by Crippen LogP contribution is 2.34. The largest absolute Gasteiger partial charge is 0.496 e. The second-order valence-electron chi connectivity index (χ2n) is 7.99. The van der Waals surface area contributed by atoms with Gasteiger partial charge in [0.25, 0.3) is 5.91 Å². The number of nitrogens with two attached hydrogens (primary N) is 1. The SMILES string of the molecule is COc1cc(C(C)(C)C)ccc1C(=O)Nc1cccc2c1CCCC2N. The van der Waals surface area contributed by atoms with Crippen LogP contribution in [0.3, 0.4) is 0 Å². The Balaban J connectivity index is 1.91. The van der Waals surface area contributed by atoms with Crippen LogP contribution in [0.2, 0.25) is 0 Å². The van der Waals surface area contributed by atoms with Crippen molar-refractivity contribution >= 4 is 11.6 Å². The second kappa shape index (κ2) is 7.12. The predicted octanol–water partition coefficient (Wildman–Crippen LogP) is 4.58. The Morgan fingerprint density at radius 3 is 2.69 bits per heavy atom. The first-order valence-corrected chi connectivity index (χ1v) is 9.18. The number of fused-ring (bicyclic) bond motifs is 1. The normalized spacial score (nSPS) is 16.7. The van der Waals surface area contributed by atoms with Gasteiger partial charge in [-0.1, -0.05) is 39.0 Å². The highest BCUT2D eigenvalue weighted by Gasteiger charge is 2.22. The highest BCUT2D eigenvalue weighted by atomic mass is 16.5. The smallest absolute Gasteiger partial charge is 0.259 e. The van der Waals surface area contributed by atoms with E-state index in [1.54, 1.807) is 7.11 Å². The minimum atomic E-state index is -0.158. The summed E-state index contributed by atoms with van der Waals surface area (Å²) in [5.74, 6) is 0.436. The van der Waals surface area contributed by atoms with E-state index in [2.05, 4.69) is 32.2 Å². The summed E-state index contributed by atoms with van der Waals surface area (Å²) in [5, 5.41) is 3.07. The lowest BCUT2D eigenvalue weighted by Gasteiger charge is -2.25. The van der Waals surface area contributed by atoms with Gasteiger partial charge in [-0.3, -0.25) is 4.79 Å². The monoisotopic (exact) mass is 352 g/mol. The number of benzene rings is 2. The number of carbonyl (C=O) groups is 1. The van der Waals surface area contributed by atoms with E-state index in [0.29, 0.717) is 11.3 Å². The molecule has 1 atom stereocenters. The number of rotatable bonds is 3. The van der Waals surface area contributed by atoms with Gasteiger partial charge in [-0.2, -0.15) is 0 Å². The minimum Gasteiger partial charge on any atom is -0.496 e. The maximum atomic E-state index is 12.9. The van der Waals surface area contributed by atoms with Gasteiger partial charge in [-0.15, -0.1) is 0 Å². The van der Waals surface area contributed by atoms with E-state index in [4.69, 9.17) is 10.5 Å². The standard InChI is InChI=1S/C22H28N2O2/c1-22(2,3)14-11-12-17(20(13-14)26-4)21(25)24-19-10-6-7-15-16(19)8-5-9-18(15)23/h6-7,10-13,18H,5,8-9,23H2,1-4H3,(H,24,25). The summed E-state index contributed by atoms with van der Waals surface area (Å²) in [7, 11) is 1.60. The third-order valence-electron chi connectivity index (χ3n) is 5.11. The molecule has 138 valence electrons. The van der Waals surface area contributed by atoms with Gasteiger partial charge in [-0.05, 0) is 59.6 Å². The van der Waals surface area contributed by atoms with E-state index >= 15 is 0 Å². The number of methoxy groups -OCH3 is 1. The average molecular weight is 352 g/mol. The van der Waals surface area contributed by atoms with Gasteiger partial charge in [0.05, 0.1) is 12.7 Å². The molecule has 0 saturated heterocycles. The van der Waals surface area contributed by atoms with Gasteiger partial charge >= 0.3 is 0 Å². The first kappa shape index (κ1) is 18.5. The Bertz CT molecular complexity index is 821. The molecule has 0 bridgehead atoms. The molecule has 3 rings (SSSR count). The summed E-state index contributed by atoms with van der Waals surface area (Å²) in [6, 6.07) is 11.8. The zero-order chi connectivity index (χ0) is 18.9. The first-order valence-electron chi connectivity index (χ1n) is 9.18. The van der Waals surface area contributed by atoms with Crippen LogP contribution in [0.15, 0.2) is 36.4 Å². The Kier molecular flexibility index (Phi) is 5.05. The number of anilines is 1. The molecule has 0 radical (unpaired) electrons. The molecule has 0 spiro atoms. The van der Waals surface area contributed by atoms with Crippen molar-refractivity contribution in [2.45, 2.75) is 51.5 Å². The van der Waals surface area contributed by atoms with E-state index in [0.717, 1.165) is 41.6 Å². The lowest BCUT2D eigenvalue weighted by atomic mass is 9.86. The van der Waals surface area contributed by atoms with Crippen molar-refractivity contribution in [1.29, 1.82) is 0 Å². The van der Waals surface area contributed by atoms with Crippen molar-refractivity contribution in [2.24, 2.45) is 5.73 Å². The van der Waals surface area contributed by atoms with Crippen LogP contribution in [0.25, 0.3) is 0 Å². The molecule has 0 aliphatic heterocycles. The number of nitrogens with one attached hydrogen (secondary N) is 1. The Morgan fingerprint density at radius 2 is 2.00 bits per heavy atom. The van der Waals surface area contributed by atoms with E-state index < -0.39 is 0 Å². The third kappa shape index (κ3) is 3.61. The van der Waals surface area contributed by atoms with Crippen LogP contribution in [-0.4, -0.2) is 13.0 Å². The molecule has 0 saturated carbocycles. The van der Waals surface area contributed by atoms with Crippen LogP contribution in [-0.2, 0) is 11.8 Å². The zero-order valence-corrected chi connectivity index (χ0v) is 16.1. The molecule has 1 aliphatic carbocycles. The van der Waals surface area contributed by atoms with Crippen LogP contribution < -0.4 is 15.8 Å². The molecular weight excluding hydrogens is 324 g/mol. The number of ether oxygens (including phenoxy) is 1. The Labute approximate surface area is 155 Å². The van der Waals surface area contributed by atoms with Gasteiger partial charge in [0.2, 0.25) is 0 Å². The maximum Gasteiger partial charge on any atom is 0.259 e. The van der Waals surface area contributed by atoms with Crippen molar-refractivity contribution in [3.8, 4) is 5.75 Å². The molecule has 0 aromatic heterocycles. The lowest BCUT2D eigenvalue weighted by Crippen LogP contribution is -2.21. The molecule has 0 heterocycles. The summed E-state index contributed by atoms with van der Waals surface area (Å²) >= 11 is 0. The van der Waals surface area contributed by atoms with Gasteiger partial charge < -0.3 is 15.8 Å². The molecule has 1 unspecified atom stereocenters. The van der Waals surface area contributed by atoms with E-state index in [-0.39, 0.29) is 17.4 Å². The highest BCUT2D eigenvalue weighted by molar-refractivity contribution is 6.06. The van der Waals surface area contributed by atoms with Crippen LogP contribution in [0, 0.1) is 0 Å². The fraction of sp³-hybridized carbons (Fsp3) is 0.409. The lowest BCUT2D eigenvalue weighted by molar-refractivity contribution is 0.102. The van der Waals surface area contributed by atoms with Gasteiger partial charge in [0.15, 0.2) is 0 Å². The molecule has 2 aromatic carbocycles. The van der Waals surface area contributed by atoms with Crippen LogP contribution in [0.5, 0.6) is 5.75 Å². The summed E-state index contributed by atoms with van der Waals surface area (Å²) in [6.45, 7) is 6.42. The molecular formula is C22H28N2O2. The van der Waals surface area contributed by atoms with Crippen LogP contribution >= 0.6 is 0 Å². The zero-order valence-electron chi connectivity index (χ0n) is 16.1. The number of hydrogen-bond acceptors (Lipinski definition) is 3. The Morgan fingerprint density at radius 1 is 1.23 bits per heavy atom. The van der Waals surface area contributed by atoms with E-state index in [1.165, 1.54) is 0 Å². The summed E-state index contributed by atoms with van der Waals surface area (Å²) < 4.78 is 5.49. The number of carbonyl (C=O) groups excluding carboxylic acids is 1. The number of hydrogen-bond donors (Lipinski definition) is 2. The van der Waals surface area contributed by atoms with Crippen molar-refractivity contribution in [3.05, 3.63) is 58.7 Å². The van der Waals surface area contributed by atoms with Gasteiger partial charge in [0, 0.05) is 11.7 Å². The predicted molar refractivity (Wildman–Crippen MR) is 106 cm³/mol. The minimum absolute atomic E-state index is 0.00305. The van der Waals surface area contributed by atoms with Crippen LogP contribution in [0.1, 0.15) is 66.7 Å². The molecule has 1 amide bonds. The second-order valence-corrected chi connectivity index (χ2v) is 7.99. The summed E-state index contributed by atoms with van der Waals surface area (Å²) in [5.41, 5.74) is 11.0. The van der Waals surface area contributed by atoms with Crippen molar-refractivity contribution < 1.29 is 9.53 Å². The topological polar surface area (TPSA) is 64.3 Å².